The highest BCUT2D eigenvalue weighted by atomic mass is 19.1. The number of nitrogens with zero attached hydrogens (tertiary/aromatic N) is 2. The maximum Gasteiger partial charge on any atom is 0.212 e. The van der Waals surface area contributed by atoms with Gasteiger partial charge >= 0.3 is 0 Å². The van der Waals surface area contributed by atoms with E-state index in [2.05, 4.69) is 10.4 Å². The van der Waals surface area contributed by atoms with E-state index < -0.39 is 0 Å². The van der Waals surface area contributed by atoms with E-state index in [4.69, 9.17) is 10.6 Å². The van der Waals surface area contributed by atoms with Gasteiger partial charge in [-0.1, -0.05) is 0 Å². The fourth-order valence-corrected chi connectivity index (χ4v) is 1.53. The molecule has 0 amide bonds. The molecule has 0 bridgehead atoms. The molecule has 0 saturated carbocycles. The Morgan fingerprint density at radius 2 is 2.11 bits per heavy atom. The maximum absolute atomic E-state index is 12.9. The maximum atomic E-state index is 12.9. The van der Waals surface area contributed by atoms with Gasteiger partial charge in [0.05, 0.1) is 0 Å². The Hall–Kier alpha value is -1.66. The van der Waals surface area contributed by atoms with E-state index in [1.54, 1.807) is 17.0 Å². The van der Waals surface area contributed by atoms with Crippen LogP contribution in [0, 0.1) is 5.82 Å². The van der Waals surface area contributed by atoms with Crippen LogP contribution in [0.15, 0.2) is 29.3 Å². The van der Waals surface area contributed by atoms with Gasteiger partial charge in [0.25, 0.3) is 0 Å². The Balaban J connectivity index is 2.57. The van der Waals surface area contributed by atoms with Crippen molar-refractivity contribution < 1.29 is 9.13 Å². The molecule has 0 spiro atoms. The van der Waals surface area contributed by atoms with Gasteiger partial charge in [0, 0.05) is 32.5 Å². The van der Waals surface area contributed by atoms with E-state index in [0.29, 0.717) is 25.7 Å². The van der Waals surface area contributed by atoms with Gasteiger partial charge in [-0.2, -0.15) is 0 Å². The average Bonchev–Trinajstić information content (AvgIpc) is 2.43. The number of benzene rings is 1. The highest BCUT2D eigenvalue weighted by Gasteiger charge is 2.07. The van der Waals surface area contributed by atoms with Gasteiger partial charge in [0.1, 0.15) is 5.82 Å². The van der Waals surface area contributed by atoms with Crippen molar-refractivity contribution in [3.8, 4) is 0 Å². The highest BCUT2D eigenvalue weighted by molar-refractivity contribution is 5.95. The summed E-state index contributed by atoms with van der Waals surface area (Å²) in [6, 6.07) is 6.13. The van der Waals surface area contributed by atoms with Crippen molar-refractivity contribution in [2.24, 2.45) is 10.8 Å². The number of nitrogens with two attached hydrogens (primary N) is 1. The van der Waals surface area contributed by atoms with Gasteiger partial charge in [-0.05, 0) is 37.6 Å². The molecular formula is C13H21FN4O. The van der Waals surface area contributed by atoms with Crippen LogP contribution in [0.2, 0.25) is 0 Å². The first-order chi connectivity index (χ1) is 9.19. The van der Waals surface area contributed by atoms with Gasteiger partial charge in [-0.3, -0.25) is 10.4 Å². The standard InChI is InChI=1S/C13H21FN4O/c1-3-19-10-4-9-16-13(17-15)18(2)12-7-5-11(14)6-8-12/h5-8H,3-4,9-10,15H2,1-2H3,(H,16,17). The summed E-state index contributed by atoms with van der Waals surface area (Å²) in [6.45, 7) is 3.96. The number of halogens is 1. The molecule has 0 saturated heterocycles. The summed E-state index contributed by atoms with van der Waals surface area (Å²) in [6.07, 6.45) is 0.830. The first-order valence-corrected chi connectivity index (χ1v) is 6.27. The minimum Gasteiger partial charge on any atom is -0.382 e. The van der Waals surface area contributed by atoms with Crippen LogP contribution in [0.5, 0.6) is 0 Å². The molecule has 0 aromatic heterocycles. The van der Waals surface area contributed by atoms with Crippen molar-refractivity contribution in [1.82, 2.24) is 5.43 Å². The predicted octanol–water partition coefficient (Wildman–Crippen LogP) is 1.51. The molecule has 19 heavy (non-hydrogen) atoms. The molecule has 1 aromatic rings. The summed E-state index contributed by atoms with van der Waals surface area (Å²) in [7, 11) is 1.81. The quantitative estimate of drug-likeness (QED) is 0.270. The second-order valence-corrected chi connectivity index (χ2v) is 3.94. The monoisotopic (exact) mass is 268 g/mol. The lowest BCUT2D eigenvalue weighted by molar-refractivity contribution is 0.146. The molecular weight excluding hydrogens is 247 g/mol. The second-order valence-electron chi connectivity index (χ2n) is 3.94. The van der Waals surface area contributed by atoms with Crippen molar-refractivity contribution in [3.63, 3.8) is 0 Å². The number of ether oxygens (including phenoxy) is 1. The minimum absolute atomic E-state index is 0.270. The average molecular weight is 268 g/mol. The van der Waals surface area contributed by atoms with E-state index in [0.717, 1.165) is 12.1 Å². The molecule has 1 aromatic carbocycles. The van der Waals surface area contributed by atoms with E-state index in [1.807, 2.05) is 14.0 Å². The van der Waals surface area contributed by atoms with E-state index in [9.17, 15) is 4.39 Å². The van der Waals surface area contributed by atoms with Crippen molar-refractivity contribution in [3.05, 3.63) is 30.1 Å². The lowest BCUT2D eigenvalue weighted by Gasteiger charge is -2.20. The van der Waals surface area contributed by atoms with Crippen molar-refractivity contribution >= 4 is 11.6 Å². The highest BCUT2D eigenvalue weighted by Crippen LogP contribution is 2.12. The van der Waals surface area contributed by atoms with Crippen LogP contribution in [0.25, 0.3) is 0 Å². The number of hydrazine groups is 1. The van der Waals surface area contributed by atoms with E-state index in [1.165, 1.54) is 12.1 Å². The summed E-state index contributed by atoms with van der Waals surface area (Å²) in [4.78, 5) is 6.11. The summed E-state index contributed by atoms with van der Waals surface area (Å²) in [5.41, 5.74) is 3.36. The lowest BCUT2D eigenvalue weighted by Crippen LogP contribution is -2.43. The summed E-state index contributed by atoms with van der Waals surface area (Å²) in [5, 5.41) is 0. The zero-order valence-electron chi connectivity index (χ0n) is 11.4. The molecule has 0 radical (unpaired) electrons. The molecule has 5 nitrogen and oxygen atoms in total. The largest absolute Gasteiger partial charge is 0.382 e. The molecule has 3 N–H and O–H groups in total. The first-order valence-electron chi connectivity index (χ1n) is 6.27. The number of nitrogens with one attached hydrogen (secondary N) is 1. The molecule has 0 atom stereocenters. The predicted molar refractivity (Wildman–Crippen MR) is 75.5 cm³/mol. The summed E-state index contributed by atoms with van der Waals surface area (Å²) < 4.78 is 18.1. The van der Waals surface area contributed by atoms with Crippen LogP contribution in [0.1, 0.15) is 13.3 Å². The first kappa shape index (κ1) is 15.4. The van der Waals surface area contributed by atoms with Gasteiger partial charge in [-0.15, -0.1) is 0 Å². The zero-order chi connectivity index (χ0) is 14.1. The fourth-order valence-electron chi connectivity index (χ4n) is 1.53. The topological polar surface area (TPSA) is 62.9 Å². The smallest absolute Gasteiger partial charge is 0.212 e. The van der Waals surface area contributed by atoms with Crippen LogP contribution < -0.4 is 16.2 Å². The van der Waals surface area contributed by atoms with Crippen LogP contribution in [-0.4, -0.2) is 32.8 Å². The Morgan fingerprint density at radius 1 is 1.42 bits per heavy atom. The Bertz CT molecular complexity index is 394. The molecule has 1 rings (SSSR count). The van der Waals surface area contributed by atoms with Crippen LogP contribution in [-0.2, 0) is 4.74 Å². The number of hydrogen-bond donors (Lipinski definition) is 2. The van der Waals surface area contributed by atoms with Crippen molar-refractivity contribution in [2.45, 2.75) is 13.3 Å². The molecule has 0 aliphatic carbocycles. The SMILES string of the molecule is CCOCCCN=C(NN)N(C)c1ccc(F)cc1. The number of hydrogen-bond acceptors (Lipinski definition) is 3. The number of guanidine groups is 1. The van der Waals surface area contributed by atoms with Crippen LogP contribution in [0.3, 0.4) is 0 Å². The van der Waals surface area contributed by atoms with Crippen LogP contribution >= 0.6 is 0 Å². The van der Waals surface area contributed by atoms with Crippen molar-refractivity contribution in [2.75, 3.05) is 31.7 Å². The number of anilines is 1. The molecule has 0 heterocycles. The van der Waals surface area contributed by atoms with Crippen LogP contribution in [0.4, 0.5) is 10.1 Å². The Morgan fingerprint density at radius 3 is 2.68 bits per heavy atom. The normalized spacial score (nSPS) is 11.5. The summed E-state index contributed by atoms with van der Waals surface area (Å²) in [5.74, 6) is 5.71. The molecule has 0 fully saturated rings. The van der Waals surface area contributed by atoms with Gasteiger partial charge in [0.15, 0.2) is 0 Å². The van der Waals surface area contributed by atoms with E-state index in [-0.39, 0.29) is 5.82 Å². The van der Waals surface area contributed by atoms with E-state index >= 15 is 0 Å². The Labute approximate surface area is 113 Å². The molecule has 0 aliphatic heterocycles. The van der Waals surface area contributed by atoms with Crippen molar-refractivity contribution in [1.29, 1.82) is 0 Å². The zero-order valence-corrected chi connectivity index (χ0v) is 11.4. The third kappa shape index (κ3) is 5.23. The number of rotatable bonds is 6. The van der Waals surface area contributed by atoms with Gasteiger partial charge < -0.3 is 9.64 Å². The molecule has 6 heteroatoms. The second kappa shape index (κ2) is 8.44. The Kier molecular flexibility index (Phi) is 6.84. The van der Waals surface area contributed by atoms with Gasteiger partial charge in [0.2, 0.25) is 5.96 Å². The molecule has 106 valence electrons. The molecule has 0 aliphatic rings. The number of aliphatic imine (C=N–C) groups is 1. The van der Waals surface area contributed by atoms with Gasteiger partial charge in [-0.25, -0.2) is 10.2 Å². The third-order valence-electron chi connectivity index (χ3n) is 2.57. The minimum atomic E-state index is -0.270. The third-order valence-corrected chi connectivity index (χ3v) is 2.57. The fraction of sp³-hybridized carbons (Fsp3) is 0.462. The summed E-state index contributed by atoms with van der Waals surface area (Å²) >= 11 is 0. The lowest BCUT2D eigenvalue weighted by atomic mass is 10.3. The molecule has 0 unspecified atom stereocenters.